The quantitative estimate of drug-likeness (QED) is 0.120. The van der Waals surface area contributed by atoms with E-state index >= 15 is 0 Å². The molecule has 0 aliphatic carbocycles. The molecule has 0 aromatic heterocycles. The molecule has 9 N–H and O–H groups in total. The summed E-state index contributed by atoms with van der Waals surface area (Å²) in [4.78, 5) is 71.5. The summed E-state index contributed by atoms with van der Waals surface area (Å²) >= 11 is 6.63. The number of carboxylic acids is 1. The first kappa shape index (κ1) is 43.8. The highest BCUT2D eigenvalue weighted by Crippen LogP contribution is 2.16. The molecule has 0 radical (unpaired) electrons. The first-order chi connectivity index (χ1) is 23.3. The van der Waals surface area contributed by atoms with Crippen molar-refractivity contribution in [3.8, 4) is 0 Å². The molecule has 16 heteroatoms. The Morgan fingerprint density at radius 3 is 1.28 bits per heavy atom. The molecule has 2 aromatic carbocycles. The van der Waals surface area contributed by atoms with Crippen molar-refractivity contribution in [2.75, 3.05) is 10.6 Å². The number of carbonyl (C=O) groups excluding carboxylic acids is 5. The predicted molar refractivity (Wildman–Crippen MR) is 200 cm³/mol. The zero-order valence-corrected chi connectivity index (χ0v) is 32.5. The SMILES string of the molecule is CC(C)CC(NC(=O)Nc1ccc(Br)cc1)C(=O)N[C@@H](C)C(N)=O.CC(C)C[C@H](NC(=O)Nc1ccc(Br)cc1)C(=O)N[C@H](C(=O)O)C(C)C. The largest absolute Gasteiger partial charge is 0.480 e. The van der Waals surface area contributed by atoms with E-state index in [4.69, 9.17) is 5.73 Å². The van der Waals surface area contributed by atoms with Crippen LogP contribution in [-0.2, 0) is 19.2 Å². The van der Waals surface area contributed by atoms with E-state index in [0.29, 0.717) is 24.2 Å². The van der Waals surface area contributed by atoms with Crippen LogP contribution in [0.3, 0.4) is 0 Å². The van der Waals surface area contributed by atoms with Crippen molar-refractivity contribution in [1.82, 2.24) is 21.3 Å². The summed E-state index contributed by atoms with van der Waals surface area (Å²) < 4.78 is 1.78. The van der Waals surface area contributed by atoms with E-state index in [2.05, 4.69) is 63.8 Å². The molecule has 0 saturated heterocycles. The van der Waals surface area contributed by atoms with Crippen molar-refractivity contribution in [3.05, 3.63) is 57.5 Å². The second kappa shape index (κ2) is 21.8. The van der Waals surface area contributed by atoms with Crippen molar-refractivity contribution in [2.45, 2.75) is 85.5 Å². The van der Waals surface area contributed by atoms with Crippen molar-refractivity contribution in [1.29, 1.82) is 0 Å². The molecule has 4 atom stereocenters. The molecule has 0 saturated carbocycles. The molecule has 2 aromatic rings. The smallest absolute Gasteiger partial charge is 0.326 e. The van der Waals surface area contributed by atoms with E-state index in [1.54, 1.807) is 62.4 Å². The van der Waals surface area contributed by atoms with Gasteiger partial charge in [0, 0.05) is 20.3 Å². The molecule has 0 fully saturated rings. The summed E-state index contributed by atoms with van der Waals surface area (Å²) in [6.07, 6.45) is 0.828. The molecule has 0 bridgehead atoms. The lowest BCUT2D eigenvalue weighted by atomic mass is 10.0. The molecule has 1 unspecified atom stereocenters. The molecular formula is C34H49Br2N7O7. The molecular weight excluding hydrogens is 778 g/mol. The summed E-state index contributed by atoms with van der Waals surface area (Å²) in [7, 11) is 0. The zero-order valence-electron chi connectivity index (χ0n) is 29.3. The fourth-order valence-corrected chi connectivity index (χ4v) is 4.80. The Balaban J connectivity index is 0.000000502. The van der Waals surface area contributed by atoms with Crippen LogP contribution in [0.15, 0.2) is 57.5 Å². The fourth-order valence-electron chi connectivity index (χ4n) is 4.28. The number of carbonyl (C=O) groups is 6. The van der Waals surface area contributed by atoms with Crippen LogP contribution >= 0.6 is 31.9 Å². The molecule has 14 nitrogen and oxygen atoms in total. The van der Waals surface area contributed by atoms with E-state index in [0.717, 1.165) is 8.95 Å². The lowest BCUT2D eigenvalue weighted by molar-refractivity contribution is -0.143. The highest BCUT2D eigenvalue weighted by atomic mass is 79.9. The summed E-state index contributed by atoms with van der Waals surface area (Å²) in [5.41, 5.74) is 6.33. The monoisotopic (exact) mass is 825 g/mol. The van der Waals surface area contributed by atoms with Gasteiger partial charge in [-0.2, -0.15) is 0 Å². The van der Waals surface area contributed by atoms with E-state index in [1.165, 1.54) is 6.92 Å². The van der Waals surface area contributed by atoms with Crippen molar-refractivity contribution >= 4 is 79.0 Å². The van der Waals surface area contributed by atoms with Crippen LogP contribution in [0.4, 0.5) is 21.0 Å². The topological polar surface area (TPSA) is 221 Å². The summed E-state index contributed by atoms with van der Waals surface area (Å²) in [5, 5.41) is 24.8. The van der Waals surface area contributed by atoms with Crippen LogP contribution in [0.1, 0.15) is 61.3 Å². The van der Waals surface area contributed by atoms with Gasteiger partial charge in [0.05, 0.1) is 0 Å². The van der Waals surface area contributed by atoms with E-state index in [9.17, 15) is 33.9 Å². The number of benzene rings is 2. The van der Waals surface area contributed by atoms with Gasteiger partial charge in [0.25, 0.3) is 0 Å². The molecule has 7 amide bonds. The van der Waals surface area contributed by atoms with Crippen LogP contribution in [0, 0.1) is 17.8 Å². The van der Waals surface area contributed by atoms with Gasteiger partial charge in [-0.1, -0.05) is 73.4 Å². The van der Waals surface area contributed by atoms with Crippen LogP contribution < -0.4 is 37.6 Å². The first-order valence-electron chi connectivity index (χ1n) is 16.1. The highest BCUT2D eigenvalue weighted by molar-refractivity contribution is 9.10. The minimum atomic E-state index is -1.10. The van der Waals surface area contributed by atoms with Gasteiger partial charge in [-0.3, -0.25) is 14.4 Å². The van der Waals surface area contributed by atoms with Gasteiger partial charge in [0.2, 0.25) is 17.7 Å². The molecule has 2 rings (SSSR count). The maximum Gasteiger partial charge on any atom is 0.326 e. The van der Waals surface area contributed by atoms with Gasteiger partial charge < -0.3 is 42.7 Å². The van der Waals surface area contributed by atoms with Gasteiger partial charge in [0.1, 0.15) is 24.2 Å². The van der Waals surface area contributed by atoms with Gasteiger partial charge in [-0.05, 0) is 86.1 Å². The molecule has 276 valence electrons. The number of nitrogens with one attached hydrogen (secondary N) is 6. The third kappa shape index (κ3) is 17.5. The lowest BCUT2D eigenvalue weighted by Gasteiger charge is -2.24. The van der Waals surface area contributed by atoms with E-state index in [1.807, 2.05) is 27.7 Å². The third-order valence-corrected chi connectivity index (χ3v) is 7.94. The molecule has 0 aliphatic rings. The number of aliphatic carboxylic acids is 1. The Morgan fingerprint density at radius 1 is 0.620 bits per heavy atom. The number of primary amides is 1. The molecule has 0 spiro atoms. The zero-order chi connectivity index (χ0) is 38.1. The van der Waals surface area contributed by atoms with Gasteiger partial charge in [-0.25, -0.2) is 14.4 Å². The van der Waals surface area contributed by atoms with Gasteiger partial charge in [-0.15, -0.1) is 0 Å². The number of nitrogens with two attached hydrogens (primary N) is 1. The Morgan fingerprint density at radius 2 is 0.980 bits per heavy atom. The van der Waals surface area contributed by atoms with Crippen molar-refractivity contribution in [3.63, 3.8) is 0 Å². The van der Waals surface area contributed by atoms with E-state index in [-0.39, 0.29) is 17.8 Å². The standard InChI is InChI=1S/C18H26BrN3O4.C16H23BrN4O3/c1-10(2)9-14(16(23)22-15(11(3)4)17(24)25)21-18(26)20-13-7-5-12(19)6-8-13;1-9(2)8-13(15(23)19-10(3)14(18)22)21-16(24)20-12-6-4-11(17)5-7-12/h5-8,10-11,14-15H,9H2,1-4H3,(H,22,23)(H,24,25)(H2,20,21,26);4-7,9-10,13H,8H2,1-3H3,(H2,18,22)(H,19,23)(H2,20,21,24)/t14-,15-;10-,13?/m00/s1. The number of anilines is 2. The predicted octanol–water partition coefficient (Wildman–Crippen LogP) is 5.19. The van der Waals surface area contributed by atoms with Crippen LogP contribution in [0.25, 0.3) is 0 Å². The van der Waals surface area contributed by atoms with Gasteiger partial charge in [0.15, 0.2) is 0 Å². The molecule has 0 aliphatic heterocycles. The second-order valence-electron chi connectivity index (χ2n) is 12.8. The number of urea groups is 2. The fraction of sp³-hybridized carbons (Fsp3) is 0.471. The van der Waals surface area contributed by atoms with Crippen LogP contribution in [-0.4, -0.2) is 65.0 Å². The number of carboxylic acid groups (broad SMARTS) is 1. The highest BCUT2D eigenvalue weighted by Gasteiger charge is 2.29. The second-order valence-corrected chi connectivity index (χ2v) is 14.6. The van der Waals surface area contributed by atoms with Crippen LogP contribution in [0.2, 0.25) is 0 Å². The number of hydrogen-bond donors (Lipinski definition) is 8. The van der Waals surface area contributed by atoms with Crippen molar-refractivity contribution in [2.24, 2.45) is 23.5 Å². The Bertz CT molecular complexity index is 1440. The van der Waals surface area contributed by atoms with E-state index < -0.39 is 59.9 Å². The third-order valence-electron chi connectivity index (χ3n) is 6.88. The lowest BCUT2D eigenvalue weighted by Crippen LogP contribution is -2.54. The normalized spacial score (nSPS) is 13.1. The first-order valence-corrected chi connectivity index (χ1v) is 17.7. The Labute approximate surface area is 310 Å². The number of halogens is 2. The molecule has 0 heterocycles. The summed E-state index contributed by atoms with van der Waals surface area (Å²) in [5.74, 6) is -2.64. The number of hydrogen-bond acceptors (Lipinski definition) is 6. The average Bonchev–Trinajstić information content (AvgIpc) is 3.00. The summed E-state index contributed by atoms with van der Waals surface area (Å²) in [6.45, 7) is 12.6. The number of rotatable bonds is 15. The minimum absolute atomic E-state index is 0.140. The van der Waals surface area contributed by atoms with Crippen LogP contribution in [0.5, 0.6) is 0 Å². The van der Waals surface area contributed by atoms with Gasteiger partial charge >= 0.3 is 18.0 Å². The summed E-state index contributed by atoms with van der Waals surface area (Å²) in [6, 6.07) is 9.65. The maximum atomic E-state index is 12.5. The van der Waals surface area contributed by atoms with Crippen molar-refractivity contribution < 1.29 is 33.9 Å². The Hall–Kier alpha value is -4.18. The Kier molecular flexibility index (Phi) is 19.1. The average molecular weight is 828 g/mol. The maximum absolute atomic E-state index is 12.5. The number of amides is 7. The minimum Gasteiger partial charge on any atom is -0.480 e. The molecule has 50 heavy (non-hydrogen) atoms.